The molecule has 27 heavy (non-hydrogen) atoms. The van der Waals surface area contributed by atoms with Gasteiger partial charge in [-0.15, -0.1) is 12.4 Å². The molecule has 1 atom stereocenters. The predicted octanol–water partition coefficient (Wildman–Crippen LogP) is 4.57. The van der Waals surface area contributed by atoms with Gasteiger partial charge in [-0.2, -0.15) is 0 Å². The number of hydrogen-bond acceptors (Lipinski definition) is 4. The van der Waals surface area contributed by atoms with E-state index >= 15 is 0 Å². The molecule has 0 aliphatic carbocycles. The van der Waals surface area contributed by atoms with Crippen molar-refractivity contribution in [3.63, 3.8) is 0 Å². The molecule has 0 radical (unpaired) electrons. The molecule has 0 amide bonds. The maximum absolute atomic E-state index is 13.1. The van der Waals surface area contributed by atoms with Gasteiger partial charge in [-0.1, -0.05) is 19.1 Å². The van der Waals surface area contributed by atoms with Crippen LogP contribution in [-0.2, 0) is 12.8 Å². The summed E-state index contributed by atoms with van der Waals surface area (Å²) in [5.74, 6) is -0.0814. The van der Waals surface area contributed by atoms with Crippen LogP contribution in [-0.4, -0.2) is 20.7 Å². The van der Waals surface area contributed by atoms with Crippen LogP contribution in [0.3, 0.4) is 0 Å². The molecule has 0 N–H and O–H groups in total. The maximum Gasteiger partial charge on any atom is 0.159 e. The monoisotopic (exact) mass is 385 g/mol. The highest BCUT2D eigenvalue weighted by molar-refractivity contribution is 5.94. The second-order valence-corrected chi connectivity index (χ2v) is 6.42. The van der Waals surface area contributed by atoms with Gasteiger partial charge in [0, 0.05) is 42.0 Å². The smallest absolute Gasteiger partial charge is 0.159 e. The lowest BCUT2D eigenvalue weighted by Gasteiger charge is -2.13. The molecule has 2 aromatic heterocycles. The first-order valence-electron chi connectivity index (χ1n) is 8.52. The molecular weight excluding hydrogens is 365 g/mol. The van der Waals surface area contributed by atoms with Crippen LogP contribution < -0.4 is 0 Å². The normalized spacial score (nSPS) is 11.5. The van der Waals surface area contributed by atoms with Gasteiger partial charge in [0.05, 0.1) is 5.69 Å². The zero-order chi connectivity index (χ0) is 18.5. The quantitative estimate of drug-likeness (QED) is 0.583. The number of benzene rings is 1. The molecule has 0 spiro atoms. The van der Waals surface area contributed by atoms with Crippen molar-refractivity contribution in [3.8, 4) is 0 Å². The Hall–Kier alpha value is -2.66. The van der Waals surface area contributed by atoms with Gasteiger partial charge in [-0.05, 0) is 49.1 Å². The van der Waals surface area contributed by atoms with E-state index in [4.69, 9.17) is 4.98 Å². The van der Waals surface area contributed by atoms with Crippen LogP contribution in [0.1, 0.15) is 52.8 Å². The van der Waals surface area contributed by atoms with Crippen molar-refractivity contribution in [2.45, 2.75) is 32.6 Å². The average Bonchev–Trinajstić information content (AvgIpc) is 2.63. The standard InChI is InChI=1S/C21H20FN3O.ClH/c1-14(16-3-5-18(22)6-4-16)9-19-10-17(15(2)26)11-20(25-19)12-21-13-23-7-8-24-21;/h3-8,10-11,13-14H,9,12H2,1-2H3;1H/t14-;/m1./s1. The Morgan fingerprint density at radius 1 is 1.07 bits per heavy atom. The number of hydrogen-bond donors (Lipinski definition) is 0. The van der Waals surface area contributed by atoms with E-state index in [1.165, 1.54) is 12.1 Å². The zero-order valence-corrected chi connectivity index (χ0v) is 16.0. The summed E-state index contributed by atoms with van der Waals surface area (Å²) in [6, 6.07) is 10.1. The van der Waals surface area contributed by atoms with Gasteiger partial charge in [0.1, 0.15) is 5.82 Å². The summed E-state index contributed by atoms with van der Waals surface area (Å²) in [4.78, 5) is 24.9. The summed E-state index contributed by atoms with van der Waals surface area (Å²) in [6.07, 6.45) is 6.15. The summed E-state index contributed by atoms with van der Waals surface area (Å²) in [5, 5.41) is 0. The highest BCUT2D eigenvalue weighted by Crippen LogP contribution is 2.21. The highest BCUT2D eigenvalue weighted by Gasteiger charge is 2.12. The summed E-state index contributed by atoms with van der Waals surface area (Å²) >= 11 is 0. The Bertz CT molecular complexity index is 901. The minimum Gasteiger partial charge on any atom is -0.295 e. The molecule has 140 valence electrons. The molecule has 3 aromatic rings. The third kappa shape index (κ3) is 5.66. The number of pyridine rings is 1. The van der Waals surface area contributed by atoms with Gasteiger partial charge < -0.3 is 0 Å². The summed E-state index contributed by atoms with van der Waals surface area (Å²) < 4.78 is 13.1. The minimum atomic E-state index is -0.246. The number of rotatable bonds is 6. The van der Waals surface area contributed by atoms with Gasteiger partial charge in [-0.3, -0.25) is 19.7 Å². The van der Waals surface area contributed by atoms with E-state index in [2.05, 4.69) is 16.9 Å². The third-order valence-corrected chi connectivity index (χ3v) is 4.27. The van der Waals surface area contributed by atoms with Crippen molar-refractivity contribution in [1.29, 1.82) is 0 Å². The lowest BCUT2D eigenvalue weighted by Crippen LogP contribution is -2.07. The first kappa shape index (κ1) is 20.6. The third-order valence-electron chi connectivity index (χ3n) is 4.27. The van der Waals surface area contributed by atoms with Crippen LogP contribution in [0.5, 0.6) is 0 Å². The van der Waals surface area contributed by atoms with Gasteiger partial charge in [-0.25, -0.2) is 4.39 Å². The fraction of sp³-hybridized carbons (Fsp3) is 0.238. The fourth-order valence-electron chi connectivity index (χ4n) is 2.88. The largest absolute Gasteiger partial charge is 0.295 e. The van der Waals surface area contributed by atoms with Crippen LogP contribution in [0, 0.1) is 5.82 Å². The molecule has 0 fully saturated rings. The van der Waals surface area contributed by atoms with Gasteiger partial charge >= 0.3 is 0 Å². The Kier molecular flexibility index (Phi) is 7.13. The lowest BCUT2D eigenvalue weighted by molar-refractivity contribution is 0.101. The molecule has 0 saturated carbocycles. The molecule has 0 unspecified atom stereocenters. The first-order chi connectivity index (χ1) is 12.5. The van der Waals surface area contributed by atoms with Gasteiger partial charge in [0.15, 0.2) is 5.78 Å². The number of ketones is 1. The van der Waals surface area contributed by atoms with E-state index in [0.717, 1.165) is 22.6 Å². The van der Waals surface area contributed by atoms with E-state index in [0.29, 0.717) is 18.4 Å². The number of Topliss-reactive ketones (excluding diaryl/α,β-unsaturated/α-hetero) is 1. The van der Waals surface area contributed by atoms with Crippen molar-refractivity contribution in [2.75, 3.05) is 0 Å². The van der Waals surface area contributed by atoms with E-state index < -0.39 is 0 Å². The van der Waals surface area contributed by atoms with Crippen molar-refractivity contribution >= 4 is 18.2 Å². The second kappa shape index (κ2) is 9.33. The molecule has 0 aliphatic rings. The Morgan fingerprint density at radius 2 is 1.78 bits per heavy atom. The predicted molar refractivity (Wildman–Crippen MR) is 105 cm³/mol. The van der Waals surface area contributed by atoms with E-state index in [1.54, 1.807) is 37.6 Å². The number of carbonyl (C=O) groups excluding carboxylic acids is 1. The highest BCUT2D eigenvalue weighted by atomic mass is 35.5. The Morgan fingerprint density at radius 3 is 2.41 bits per heavy atom. The van der Waals surface area contributed by atoms with Crippen molar-refractivity contribution in [2.24, 2.45) is 0 Å². The molecular formula is C21H21ClFN3O. The Labute approximate surface area is 164 Å². The van der Waals surface area contributed by atoms with Crippen LogP contribution in [0.2, 0.25) is 0 Å². The molecule has 0 bridgehead atoms. The van der Waals surface area contributed by atoms with Crippen LogP contribution in [0.15, 0.2) is 55.0 Å². The molecule has 6 heteroatoms. The van der Waals surface area contributed by atoms with Crippen molar-refractivity contribution in [3.05, 3.63) is 89.0 Å². The molecule has 3 rings (SSSR count). The molecule has 0 aliphatic heterocycles. The first-order valence-corrected chi connectivity index (χ1v) is 8.52. The lowest BCUT2D eigenvalue weighted by atomic mass is 9.95. The summed E-state index contributed by atoms with van der Waals surface area (Å²) in [7, 11) is 0. The number of aromatic nitrogens is 3. The molecule has 4 nitrogen and oxygen atoms in total. The SMILES string of the molecule is CC(=O)c1cc(Cc2cnccn2)nc(C[C@@H](C)c2ccc(F)cc2)c1.Cl. The number of carbonyl (C=O) groups is 1. The van der Waals surface area contributed by atoms with E-state index in [-0.39, 0.29) is 29.9 Å². The average molecular weight is 386 g/mol. The van der Waals surface area contributed by atoms with Crippen LogP contribution >= 0.6 is 12.4 Å². The molecule has 0 saturated heterocycles. The summed E-state index contributed by atoms with van der Waals surface area (Å²) in [6.45, 7) is 3.62. The zero-order valence-electron chi connectivity index (χ0n) is 15.2. The summed E-state index contributed by atoms with van der Waals surface area (Å²) in [5.41, 5.74) is 4.11. The fourth-order valence-corrected chi connectivity index (χ4v) is 2.88. The second-order valence-electron chi connectivity index (χ2n) is 6.42. The number of halogens is 2. The van der Waals surface area contributed by atoms with Gasteiger partial charge in [0.25, 0.3) is 0 Å². The Balaban J connectivity index is 0.00000261. The van der Waals surface area contributed by atoms with Crippen LogP contribution in [0.25, 0.3) is 0 Å². The topological polar surface area (TPSA) is 55.7 Å². The van der Waals surface area contributed by atoms with Crippen molar-refractivity contribution in [1.82, 2.24) is 15.0 Å². The maximum atomic E-state index is 13.1. The number of nitrogens with zero attached hydrogens (tertiary/aromatic N) is 3. The minimum absolute atomic E-state index is 0. The van der Waals surface area contributed by atoms with Crippen molar-refractivity contribution < 1.29 is 9.18 Å². The van der Waals surface area contributed by atoms with Crippen LogP contribution in [0.4, 0.5) is 4.39 Å². The van der Waals surface area contributed by atoms with Gasteiger partial charge in [0.2, 0.25) is 0 Å². The van der Waals surface area contributed by atoms with E-state index in [9.17, 15) is 9.18 Å². The van der Waals surface area contributed by atoms with E-state index in [1.807, 2.05) is 12.1 Å². The molecule has 1 aromatic carbocycles. The molecule has 2 heterocycles.